The van der Waals surface area contributed by atoms with E-state index in [9.17, 15) is 14.7 Å². The van der Waals surface area contributed by atoms with Crippen LogP contribution in [0.5, 0.6) is 0 Å². The number of aromatic nitrogens is 1. The summed E-state index contributed by atoms with van der Waals surface area (Å²) in [6.45, 7) is 3.58. The summed E-state index contributed by atoms with van der Waals surface area (Å²) in [4.78, 5) is 30.2. The van der Waals surface area contributed by atoms with Gasteiger partial charge >= 0.3 is 0 Å². The van der Waals surface area contributed by atoms with Gasteiger partial charge < -0.3 is 15.3 Å². The maximum absolute atomic E-state index is 12.4. The third-order valence-electron chi connectivity index (χ3n) is 5.65. The first-order valence-electron chi connectivity index (χ1n) is 10.2. The van der Waals surface area contributed by atoms with Gasteiger partial charge in [-0.3, -0.25) is 9.59 Å². The summed E-state index contributed by atoms with van der Waals surface area (Å²) >= 11 is 0. The number of fused-ring (bicyclic) bond motifs is 1. The van der Waals surface area contributed by atoms with E-state index in [4.69, 9.17) is 4.98 Å². The van der Waals surface area contributed by atoms with Crippen molar-refractivity contribution >= 4 is 17.5 Å². The molecule has 2 N–H and O–H groups in total. The molecular formula is C21H31N3O3. The second kappa shape index (κ2) is 8.83. The molecule has 1 amide bonds. The van der Waals surface area contributed by atoms with E-state index in [1.165, 1.54) is 18.9 Å². The lowest BCUT2D eigenvalue weighted by atomic mass is 9.87. The van der Waals surface area contributed by atoms with Crippen molar-refractivity contribution in [3.05, 3.63) is 23.4 Å². The molecule has 6 nitrogen and oxygen atoms in total. The third kappa shape index (κ3) is 5.51. The van der Waals surface area contributed by atoms with Gasteiger partial charge in [0.1, 0.15) is 11.6 Å². The molecule has 1 fully saturated rings. The molecule has 2 aliphatic heterocycles. The van der Waals surface area contributed by atoms with E-state index in [0.717, 1.165) is 43.7 Å². The molecule has 3 rings (SSSR count). The van der Waals surface area contributed by atoms with E-state index in [1.54, 1.807) is 0 Å². The Morgan fingerprint density at radius 2 is 2.04 bits per heavy atom. The van der Waals surface area contributed by atoms with Crippen LogP contribution in [0.3, 0.4) is 0 Å². The zero-order chi connectivity index (χ0) is 19.3. The van der Waals surface area contributed by atoms with Crippen LogP contribution < -0.4 is 5.32 Å². The van der Waals surface area contributed by atoms with Crippen molar-refractivity contribution in [3.8, 4) is 0 Å². The van der Waals surface area contributed by atoms with E-state index in [1.807, 2.05) is 4.90 Å². The van der Waals surface area contributed by atoms with Crippen LogP contribution in [0.2, 0.25) is 0 Å². The highest BCUT2D eigenvalue weighted by Crippen LogP contribution is 2.26. The zero-order valence-corrected chi connectivity index (χ0v) is 16.3. The lowest BCUT2D eigenvalue weighted by molar-refractivity contribution is -0.136. The average molecular weight is 373 g/mol. The van der Waals surface area contributed by atoms with Crippen molar-refractivity contribution in [1.29, 1.82) is 0 Å². The molecule has 0 atom stereocenters. The average Bonchev–Trinajstić information content (AvgIpc) is 2.64. The second-order valence-corrected chi connectivity index (χ2v) is 8.03. The van der Waals surface area contributed by atoms with Crippen molar-refractivity contribution in [3.63, 3.8) is 0 Å². The highest BCUT2D eigenvalue weighted by atomic mass is 16.3. The Bertz CT molecular complexity index is 681. The highest BCUT2D eigenvalue weighted by molar-refractivity contribution is 5.77. The van der Waals surface area contributed by atoms with Gasteiger partial charge in [0.15, 0.2) is 0 Å². The number of carbonyl (C=O) groups excluding carboxylic acids is 2. The minimum Gasteiger partial charge on any atom is -0.389 e. The number of aliphatic hydroxyl groups is 1. The molecule has 0 bridgehead atoms. The van der Waals surface area contributed by atoms with Crippen LogP contribution in [0.15, 0.2) is 12.1 Å². The highest BCUT2D eigenvalue weighted by Gasteiger charge is 2.34. The van der Waals surface area contributed by atoms with Gasteiger partial charge in [-0.25, -0.2) is 4.98 Å². The Morgan fingerprint density at radius 3 is 2.78 bits per heavy atom. The van der Waals surface area contributed by atoms with Crippen molar-refractivity contribution in [1.82, 2.24) is 9.88 Å². The predicted octanol–water partition coefficient (Wildman–Crippen LogP) is 2.49. The van der Waals surface area contributed by atoms with Gasteiger partial charge in [-0.05, 0) is 63.5 Å². The number of pyridine rings is 1. The van der Waals surface area contributed by atoms with Crippen LogP contribution in [0, 0.1) is 0 Å². The number of Topliss-reactive ketones (excluding diaryl/α,β-unsaturated/α-hetero) is 1. The number of amides is 1. The van der Waals surface area contributed by atoms with Crippen LogP contribution >= 0.6 is 0 Å². The number of piperidine rings is 1. The molecule has 0 radical (unpaired) electrons. The number of aryl methyl sites for hydroxylation is 2. The SMILES string of the molecule is CC(=O)CC1(O)CCN(C(=O)CCCCc2ccc3c(n2)NCCC3)CC1. The number of likely N-dealkylation sites (tertiary alicyclic amines) is 1. The Kier molecular flexibility index (Phi) is 6.47. The molecule has 0 saturated carbocycles. The lowest BCUT2D eigenvalue weighted by Gasteiger charge is -2.37. The fourth-order valence-corrected chi connectivity index (χ4v) is 4.06. The normalized spacial score (nSPS) is 18.5. The van der Waals surface area contributed by atoms with Gasteiger partial charge in [0.25, 0.3) is 0 Å². The van der Waals surface area contributed by atoms with E-state index in [-0.39, 0.29) is 18.1 Å². The molecule has 0 unspecified atom stereocenters. The van der Waals surface area contributed by atoms with Gasteiger partial charge in [0.2, 0.25) is 5.91 Å². The van der Waals surface area contributed by atoms with Gasteiger partial charge in [-0.15, -0.1) is 0 Å². The molecule has 27 heavy (non-hydrogen) atoms. The molecule has 0 spiro atoms. The summed E-state index contributed by atoms with van der Waals surface area (Å²) in [5.74, 6) is 1.18. The fraction of sp³-hybridized carbons (Fsp3) is 0.667. The van der Waals surface area contributed by atoms with Gasteiger partial charge in [-0.2, -0.15) is 0 Å². The summed E-state index contributed by atoms with van der Waals surface area (Å²) in [5.41, 5.74) is 1.47. The monoisotopic (exact) mass is 373 g/mol. The molecular weight excluding hydrogens is 342 g/mol. The first kappa shape index (κ1) is 19.8. The van der Waals surface area contributed by atoms with Crippen LogP contribution in [-0.4, -0.2) is 51.9 Å². The standard InChI is InChI=1S/C21H31N3O3/c1-16(25)15-21(27)10-13-24(14-11-21)19(26)7-3-2-6-18-9-8-17-5-4-12-22-20(17)23-18/h8-9,27H,2-7,10-15H2,1H3,(H,22,23). The Hall–Kier alpha value is -1.95. The molecule has 0 aliphatic carbocycles. The number of ketones is 1. The maximum atomic E-state index is 12.4. The third-order valence-corrected chi connectivity index (χ3v) is 5.65. The molecule has 1 aromatic rings. The number of nitrogens with one attached hydrogen (secondary N) is 1. The Morgan fingerprint density at radius 1 is 1.26 bits per heavy atom. The first-order valence-corrected chi connectivity index (χ1v) is 10.2. The minimum absolute atomic E-state index is 0.00302. The summed E-state index contributed by atoms with van der Waals surface area (Å²) in [6.07, 6.45) is 6.65. The maximum Gasteiger partial charge on any atom is 0.222 e. The van der Waals surface area contributed by atoms with E-state index in [0.29, 0.717) is 32.4 Å². The van der Waals surface area contributed by atoms with Crippen molar-refractivity contribution < 1.29 is 14.7 Å². The van der Waals surface area contributed by atoms with Crippen LogP contribution in [-0.2, 0) is 22.4 Å². The number of carbonyl (C=O) groups is 2. The molecule has 0 aromatic carbocycles. The quantitative estimate of drug-likeness (QED) is 0.718. The molecule has 3 heterocycles. The largest absolute Gasteiger partial charge is 0.389 e. The van der Waals surface area contributed by atoms with E-state index in [2.05, 4.69) is 17.4 Å². The Labute approximate surface area is 161 Å². The number of rotatable bonds is 7. The molecule has 148 valence electrons. The molecule has 6 heteroatoms. The van der Waals surface area contributed by atoms with Gasteiger partial charge in [-0.1, -0.05) is 6.07 Å². The minimum atomic E-state index is -0.922. The fourth-order valence-electron chi connectivity index (χ4n) is 4.06. The molecule has 2 aliphatic rings. The van der Waals surface area contributed by atoms with Crippen LogP contribution in [0.1, 0.15) is 63.1 Å². The molecule has 1 aromatic heterocycles. The number of unbranched alkanes of at least 4 members (excludes halogenated alkanes) is 1. The van der Waals surface area contributed by atoms with Crippen LogP contribution in [0.4, 0.5) is 5.82 Å². The lowest BCUT2D eigenvalue weighted by Crippen LogP contribution is -2.47. The summed E-state index contributed by atoms with van der Waals surface area (Å²) < 4.78 is 0. The summed E-state index contributed by atoms with van der Waals surface area (Å²) in [7, 11) is 0. The van der Waals surface area contributed by atoms with Gasteiger partial charge in [0, 0.05) is 38.2 Å². The summed E-state index contributed by atoms with van der Waals surface area (Å²) in [5, 5.41) is 13.8. The Balaban J connectivity index is 1.37. The predicted molar refractivity (Wildman–Crippen MR) is 105 cm³/mol. The summed E-state index contributed by atoms with van der Waals surface area (Å²) in [6, 6.07) is 4.28. The van der Waals surface area contributed by atoms with Crippen LogP contribution in [0.25, 0.3) is 0 Å². The zero-order valence-electron chi connectivity index (χ0n) is 16.3. The van der Waals surface area contributed by atoms with Gasteiger partial charge in [0.05, 0.1) is 5.60 Å². The molecule has 1 saturated heterocycles. The number of anilines is 1. The first-order chi connectivity index (χ1) is 13.0. The second-order valence-electron chi connectivity index (χ2n) is 8.03. The number of hydrogen-bond acceptors (Lipinski definition) is 5. The number of hydrogen-bond donors (Lipinski definition) is 2. The topological polar surface area (TPSA) is 82.5 Å². The van der Waals surface area contributed by atoms with Crippen molar-refractivity contribution in [2.45, 2.75) is 70.3 Å². The van der Waals surface area contributed by atoms with E-state index < -0.39 is 5.60 Å². The van der Waals surface area contributed by atoms with Crippen molar-refractivity contribution in [2.75, 3.05) is 25.0 Å². The smallest absolute Gasteiger partial charge is 0.222 e. The van der Waals surface area contributed by atoms with Crippen molar-refractivity contribution in [2.24, 2.45) is 0 Å². The van der Waals surface area contributed by atoms with E-state index >= 15 is 0 Å². The number of nitrogens with zero attached hydrogens (tertiary/aromatic N) is 2.